The van der Waals surface area contributed by atoms with Crippen molar-refractivity contribution in [2.75, 3.05) is 6.61 Å². The summed E-state index contributed by atoms with van der Waals surface area (Å²) in [6.45, 7) is 18.3. The summed E-state index contributed by atoms with van der Waals surface area (Å²) >= 11 is 0. The molecule has 1 heterocycles. The lowest BCUT2D eigenvalue weighted by Gasteiger charge is -2.40. The molecule has 1 aliphatic rings. The highest BCUT2D eigenvalue weighted by molar-refractivity contribution is 6.74. The van der Waals surface area contributed by atoms with Crippen molar-refractivity contribution in [1.82, 2.24) is 0 Å². The van der Waals surface area contributed by atoms with Gasteiger partial charge in [0.05, 0.1) is 18.8 Å². The maximum Gasteiger partial charge on any atom is 0.192 e. The van der Waals surface area contributed by atoms with Gasteiger partial charge in [-0.3, -0.25) is 0 Å². The molecule has 0 unspecified atom stereocenters. The Bertz CT molecular complexity index is 294. The molecule has 0 aromatic rings. The molecule has 3 atom stereocenters. The van der Waals surface area contributed by atoms with E-state index in [1.54, 1.807) is 0 Å². The second-order valence-electron chi connectivity index (χ2n) is 7.45. The molecule has 0 spiro atoms. The fraction of sp³-hybridized carbons (Fsp3) is 0.875. The first-order valence-corrected chi connectivity index (χ1v) is 10.5. The van der Waals surface area contributed by atoms with E-state index in [0.717, 1.165) is 19.4 Å². The van der Waals surface area contributed by atoms with E-state index in [0.29, 0.717) is 12.0 Å². The summed E-state index contributed by atoms with van der Waals surface area (Å²) in [5.74, 6) is 0.603. The van der Waals surface area contributed by atoms with Gasteiger partial charge in [0, 0.05) is 0 Å². The van der Waals surface area contributed by atoms with Gasteiger partial charge >= 0.3 is 0 Å². The molecule has 1 rings (SSSR count). The highest BCUT2D eigenvalue weighted by Gasteiger charge is 2.38. The minimum absolute atomic E-state index is 0.257. The molecule has 2 nitrogen and oxygen atoms in total. The summed E-state index contributed by atoms with van der Waals surface area (Å²) in [5.41, 5.74) is 0. The number of hydrogen-bond donors (Lipinski definition) is 0. The van der Waals surface area contributed by atoms with Crippen LogP contribution < -0.4 is 0 Å². The van der Waals surface area contributed by atoms with Crippen LogP contribution in [0.25, 0.3) is 0 Å². The largest absolute Gasteiger partial charge is 0.414 e. The summed E-state index contributed by atoms with van der Waals surface area (Å²) in [7, 11) is -1.66. The van der Waals surface area contributed by atoms with Gasteiger partial charge in [0.15, 0.2) is 8.32 Å². The molecular weight excluding hydrogens is 252 g/mol. The van der Waals surface area contributed by atoms with Crippen LogP contribution in [0.3, 0.4) is 0 Å². The highest BCUT2D eigenvalue weighted by atomic mass is 28.4. The normalized spacial score (nSPS) is 29.3. The predicted molar refractivity (Wildman–Crippen MR) is 85.0 cm³/mol. The van der Waals surface area contributed by atoms with Gasteiger partial charge in [-0.05, 0) is 43.3 Å². The third kappa shape index (κ3) is 4.73. The molecule has 1 saturated heterocycles. The Labute approximate surface area is 120 Å². The molecule has 112 valence electrons. The van der Waals surface area contributed by atoms with E-state index in [-0.39, 0.29) is 11.1 Å². The van der Waals surface area contributed by atoms with Crippen molar-refractivity contribution in [1.29, 1.82) is 0 Å². The lowest BCUT2D eigenvalue weighted by Crippen LogP contribution is -2.45. The smallest absolute Gasteiger partial charge is 0.192 e. The van der Waals surface area contributed by atoms with Crippen LogP contribution in [0.15, 0.2) is 12.7 Å². The average Bonchev–Trinajstić information content (AvgIpc) is 2.29. The Morgan fingerprint density at radius 3 is 2.47 bits per heavy atom. The van der Waals surface area contributed by atoms with E-state index < -0.39 is 8.32 Å². The molecule has 3 heteroatoms. The summed E-state index contributed by atoms with van der Waals surface area (Å²) < 4.78 is 12.5. The van der Waals surface area contributed by atoms with Crippen molar-refractivity contribution >= 4 is 8.32 Å². The Balaban J connectivity index is 2.53. The van der Waals surface area contributed by atoms with E-state index in [2.05, 4.69) is 47.4 Å². The van der Waals surface area contributed by atoms with Gasteiger partial charge in [-0.1, -0.05) is 33.8 Å². The van der Waals surface area contributed by atoms with E-state index in [9.17, 15) is 0 Å². The molecule has 0 saturated carbocycles. The first kappa shape index (κ1) is 16.9. The van der Waals surface area contributed by atoms with Crippen molar-refractivity contribution in [3.8, 4) is 0 Å². The molecule has 0 amide bonds. The number of hydrogen-bond acceptors (Lipinski definition) is 2. The van der Waals surface area contributed by atoms with Gasteiger partial charge in [-0.15, -0.1) is 6.58 Å². The maximum absolute atomic E-state index is 6.32. The fourth-order valence-electron chi connectivity index (χ4n) is 2.15. The Hall–Kier alpha value is -0.123. The molecule has 0 aromatic carbocycles. The van der Waals surface area contributed by atoms with Crippen LogP contribution >= 0.6 is 0 Å². The van der Waals surface area contributed by atoms with Crippen LogP contribution in [0.5, 0.6) is 0 Å². The SMILES string of the molecule is C=CC[C@@H]1CC[C@H](C)[C@H](CO[Si](C)(C)C(C)(C)C)O1. The lowest BCUT2D eigenvalue weighted by molar-refractivity contribution is -0.0949. The number of ether oxygens (including phenoxy) is 1. The zero-order chi connectivity index (χ0) is 14.7. The van der Waals surface area contributed by atoms with E-state index >= 15 is 0 Å². The average molecular weight is 285 g/mol. The summed E-state index contributed by atoms with van der Waals surface area (Å²) in [6, 6.07) is 0. The lowest BCUT2D eigenvalue weighted by atomic mass is 9.93. The standard InChI is InChI=1S/C16H32O2Si/c1-8-9-14-11-10-13(2)15(18-14)12-17-19(6,7)16(3,4)5/h8,13-15H,1,9-12H2,2-7H3/t13-,14+,15-/m0/s1. The fourth-order valence-corrected chi connectivity index (χ4v) is 3.17. The van der Waals surface area contributed by atoms with Crippen LogP contribution in [0.4, 0.5) is 0 Å². The van der Waals surface area contributed by atoms with Gasteiger partial charge in [0.1, 0.15) is 0 Å². The molecule has 0 N–H and O–H groups in total. The zero-order valence-corrected chi connectivity index (χ0v) is 14.7. The van der Waals surface area contributed by atoms with Gasteiger partial charge in [-0.25, -0.2) is 0 Å². The molecule has 1 aliphatic heterocycles. The van der Waals surface area contributed by atoms with Crippen LogP contribution in [0.2, 0.25) is 18.1 Å². The molecular formula is C16H32O2Si. The molecule has 19 heavy (non-hydrogen) atoms. The van der Waals surface area contributed by atoms with E-state index in [4.69, 9.17) is 9.16 Å². The number of rotatable bonds is 5. The van der Waals surface area contributed by atoms with Crippen LogP contribution in [-0.4, -0.2) is 27.1 Å². The quantitative estimate of drug-likeness (QED) is 0.535. The third-order valence-electron chi connectivity index (χ3n) is 4.79. The van der Waals surface area contributed by atoms with Crippen LogP contribution in [0.1, 0.15) is 47.0 Å². The maximum atomic E-state index is 6.32. The van der Waals surface area contributed by atoms with Crippen LogP contribution in [0, 0.1) is 5.92 Å². The zero-order valence-electron chi connectivity index (χ0n) is 13.7. The summed E-state index contributed by atoms with van der Waals surface area (Å²) in [5, 5.41) is 0.269. The molecule has 0 bridgehead atoms. The Morgan fingerprint density at radius 1 is 1.32 bits per heavy atom. The van der Waals surface area contributed by atoms with Gasteiger partial charge < -0.3 is 9.16 Å². The first-order chi connectivity index (χ1) is 8.67. The first-order valence-electron chi connectivity index (χ1n) is 7.57. The molecule has 0 aliphatic carbocycles. The van der Waals surface area contributed by atoms with E-state index in [1.165, 1.54) is 6.42 Å². The monoisotopic (exact) mass is 284 g/mol. The Morgan fingerprint density at radius 2 is 1.95 bits per heavy atom. The molecule has 0 radical (unpaired) electrons. The van der Waals surface area contributed by atoms with Crippen molar-refractivity contribution in [2.24, 2.45) is 5.92 Å². The van der Waals surface area contributed by atoms with Crippen LogP contribution in [-0.2, 0) is 9.16 Å². The minimum atomic E-state index is -1.66. The van der Waals surface area contributed by atoms with Gasteiger partial charge in [-0.2, -0.15) is 0 Å². The van der Waals surface area contributed by atoms with E-state index in [1.807, 2.05) is 6.08 Å². The van der Waals surface area contributed by atoms with Crippen molar-refractivity contribution in [3.63, 3.8) is 0 Å². The summed E-state index contributed by atoms with van der Waals surface area (Å²) in [4.78, 5) is 0. The predicted octanol–water partition coefficient (Wildman–Crippen LogP) is 4.77. The van der Waals surface area contributed by atoms with Crippen molar-refractivity contribution in [2.45, 2.75) is 77.3 Å². The van der Waals surface area contributed by atoms with Crippen molar-refractivity contribution < 1.29 is 9.16 Å². The third-order valence-corrected chi connectivity index (χ3v) is 9.29. The topological polar surface area (TPSA) is 18.5 Å². The van der Waals surface area contributed by atoms with Gasteiger partial charge in [0.25, 0.3) is 0 Å². The molecule has 1 fully saturated rings. The molecule has 0 aromatic heterocycles. The highest BCUT2D eigenvalue weighted by Crippen LogP contribution is 2.37. The Kier molecular flexibility index (Phi) is 5.84. The van der Waals surface area contributed by atoms with Crippen molar-refractivity contribution in [3.05, 3.63) is 12.7 Å². The minimum Gasteiger partial charge on any atom is -0.414 e. The second-order valence-corrected chi connectivity index (χ2v) is 12.3. The summed E-state index contributed by atoms with van der Waals surface area (Å²) in [6.07, 6.45) is 5.93. The van der Waals surface area contributed by atoms with Gasteiger partial charge in [0.2, 0.25) is 0 Å². The second kappa shape index (κ2) is 6.55.